The van der Waals surface area contributed by atoms with Crippen LogP contribution in [0.3, 0.4) is 0 Å². The van der Waals surface area contributed by atoms with Gasteiger partial charge in [-0.25, -0.2) is 8.78 Å². The molecule has 2 rings (SSSR count). The van der Waals surface area contributed by atoms with Gasteiger partial charge in [-0.2, -0.15) is 0 Å². The molecule has 1 aromatic rings. The molecule has 0 heterocycles. The Bertz CT molecular complexity index is 436. The van der Waals surface area contributed by atoms with Gasteiger partial charge in [-0.05, 0) is 31.4 Å². The van der Waals surface area contributed by atoms with Gasteiger partial charge in [0, 0.05) is 11.6 Å². The van der Waals surface area contributed by atoms with E-state index in [0.29, 0.717) is 12.8 Å². The van der Waals surface area contributed by atoms with Crippen LogP contribution in [0.4, 0.5) is 8.78 Å². The first-order valence-corrected chi connectivity index (χ1v) is 4.67. The third kappa shape index (κ3) is 1.40. The Hall–Kier alpha value is -1.45. The molecular weight excluding hydrogens is 202 g/mol. The van der Waals surface area contributed by atoms with E-state index in [-0.39, 0.29) is 11.1 Å². The predicted molar refractivity (Wildman–Crippen MR) is 49.6 cm³/mol. The van der Waals surface area contributed by atoms with Crippen LogP contribution < -0.4 is 0 Å². The van der Waals surface area contributed by atoms with Crippen LogP contribution in [-0.2, 0) is 10.2 Å². The van der Waals surface area contributed by atoms with Crippen molar-refractivity contribution in [2.75, 3.05) is 0 Å². The summed E-state index contributed by atoms with van der Waals surface area (Å²) in [6, 6.07) is 2.06. The van der Waals surface area contributed by atoms with Crippen LogP contribution in [0.5, 0.6) is 0 Å². The zero-order valence-corrected chi connectivity index (χ0v) is 8.18. The van der Waals surface area contributed by atoms with E-state index >= 15 is 0 Å². The van der Waals surface area contributed by atoms with Crippen molar-refractivity contribution in [3.05, 3.63) is 34.9 Å². The Balaban J connectivity index is 2.54. The molecule has 2 nitrogen and oxygen atoms in total. The summed E-state index contributed by atoms with van der Waals surface area (Å²) in [7, 11) is 0. The fourth-order valence-electron chi connectivity index (χ4n) is 1.75. The third-order valence-corrected chi connectivity index (χ3v) is 2.92. The summed E-state index contributed by atoms with van der Waals surface area (Å²) in [5.41, 5.74) is -0.726. The van der Waals surface area contributed by atoms with Gasteiger partial charge in [0.05, 0.1) is 5.41 Å². The highest BCUT2D eigenvalue weighted by molar-refractivity contribution is 5.85. The van der Waals surface area contributed by atoms with E-state index < -0.39 is 23.0 Å². The third-order valence-electron chi connectivity index (χ3n) is 2.92. The Morgan fingerprint density at radius 3 is 2.40 bits per heavy atom. The monoisotopic (exact) mass is 212 g/mol. The average Bonchev–Trinajstić information content (AvgIpc) is 2.92. The lowest BCUT2D eigenvalue weighted by atomic mass is 9.94. The lowest BCUT2D eigenvalue weighted by molar-refractivity contribution is -0.140. The molecule has 0 radical (unpaired) electrons. The van der Waals surface area contributed by atoms with Crippen molar-refractivity contribution in [3.8, 4) is 0 Å². The van der Waals surface area contributed by atoms with Gasteiger partial charge >= 0.3 is 5.97 Å². The number of hydrogen-bond donors (Lipinski definition) is 1. The fraction of sp³-hybridized carbons (Fsp3) is 0.364. The van der Waals surface area contributed by atoms with Gasteiger partial charge in [-0.1, -0.05) is 0 Å². The van der Waals surface area contributed by atoms with Crippen molar-refractivity contribution in [2.24, 2.45) is 0 Å². The van der Waals surface area contributed by atoms with E-state index in [1.807, 2.05) is 0 Å². The number of aliphatic carboxylic acids is 1. The molecule has 1 aliphatic carbocycles. The summed E-state index contributed by atoms with van der Waals surface area (Å²) in [5.74, 6) is -2.44. The first-order valence-electron chi connectivity index (χ1n) is 4.67. The van der Waals surface area contributed by atoms with Gasteiger partial charge < -0.3 is 5.11 Å². The average molecular weight is 212 g/mol. The minimum atomic E-state index is -1.11. The molecule has 0 spiro atoms. The highest BCUT2D eigenvalue weighted by Crippen LogP contribution is 2.49. The second kappa shape index (κ2) is 3.02. The van der Waals surface area contributed by atoms with Gasteiger partial charge in [-0.15, -0.1) is 0 Å². The molecule has 0 aliphatic heterocycles. The lowest BCUT2D eigenvalue weighted by Gasteiger charge is -2.12. The van der Waals surface area contributed by atoms with Crippen molar-refractivity contribution >= 4 is 5.97 Å². The Kier molecular flexibility index (Phi) is 2.03. The van der Waals surface area contributed by atoms with Crippen LogP contribution in [0.15, 0.2) is 12.1 Å². The predicted octanol–water partition coefficient (Wildman–Crippen LogP) is 2.39. The molecule has 0 atom stereocenters. The molecule has 4 heteroatoms. The second-order valence-corrected chi connectivity index (χ2v) is 3.97. The maximum absolute atomic E-state index is 13.4. The normalized spacial score (nSPS) is 17.5. The number of rotatable bonds is 2. The zero-order chi connectivity index (χ0) is 11.2. The molecule has 0 bridgehead atoms. The van der Waals surface area contributed by atoms with E-state index in [0.717, 1.165) is 6.07 Å². The van der Waals surface area contributed by atoms with E-state index in [1.54, 1.807) is 0 Å². The largest absolute Gasteiger partial charge is 0.481 e. The quantitative estimate of drug-likeness (QED) is 0.817. The minimum absolute atomic E-state index is 0.105. The summed E-state index contributed by atoms with van der Waals surface area (Å²) in [5, 5.41) is 8.98. The summed E-state index contributed by atoms with van der Waals surface area (Å²) in [6.07, 6.45) is 0.842. The van der Waals surface area contributed by atoms with Gasteiger partial charge in [0.15, 0.2) is 0 Å². The number of carboxylic acid groups (broad SMARTS) is 1. The number of carbonyl (C=O) groups is 1. The first kappa shape index (κ1) is 10.1. The minimum Gasteiger partial charge on any atom is -0.481 e. The van der Waals surface area contributed by atoms with Crippen molar-refractivity contribution < 1.29 is 18.7 Å². The zero-order valence-electron chi connectivity index (χ0n) is 8.18. The Morgan fingerprint density at radius 1 is 1.33 bits per heavy atom. The molecule has 0 aromatic heterocycles. The smallest absolute Gasteiger partial charge is 0.314 e. The molecule has 0 saturated heterocycles. The van der Waals surface area contributed by atoms with Crippen LogP contribution in [0.1, 0.15) is 24.0 Å². The van der Waals surface area contributed by atoms with E-state index in [2.05, 4.69) is 0 Å². The second-order valence-electron chi connectivity index (χ2n) is 3.97. The number of hydrogen-bond acceptors (Lipinski definition) is 1. The maximum Gasteiger partial charge on any atom is 0.314 e. The SMILES string of the molecule is Cc1cc(C2(C(=O)O)CC2)c(F)cc1F. The summed E-state index contributed by atoms with van der Waals surface area (Å²) >= 11 is 0. The van der Waals surface area contributed by atoms with E-state index in [9.17, 15) is 13.6 Å². The van der Waals surface area contributed by atoms with Crippen molar-refractivity contribution in [1.82, 2.24) is 0 Å². The topological polar surface area (TPSA) is 37.3 Å². The highest BCUT2D eigenvalue weighted by Gasteiger charge is 2.53. The molecule has 80 valence electrons. The molecule has 0 amide bonds. The van der Waals surface area contributed by atoms with Crippen LogP contribution in [0.2, 0.25) is 0 Å². The molecular formula is C11H10F2O2. The van der Waals surface area contributed by atoms with Crippen LogP contribution in [-0.4, -0.2) is 11.1 Å². The van der Waals surface area contributed by atoms with Crippen molar-refractivity contribution in [2.45, 2.75) is 25.2 Å². The maximum atomic E-state index is 13.4. The summed E-state index contributed by atoms with van der Waals surface area (Å²) < 4.78 is 26.4. The number of benzene rings is 1. The number of carboxylic acids is 1. The molecule has 1 saturated carbocycles. The van der Waals surface area contributed by atoms with Crippen LogP contribution in [0, 0.1) is 18.6 Å². The van der Waals surface area contributed by atoms with Gasteiger partial charge in [0.1, 0.15) is 11.6 Å². The molecule has 15 heavy (non-hydrogen) atoms. The first-order chi connectivity index (χ1) is 6.97. The summed E-state index contributed by atoms with van der Waals surface area (Å²) in [6.45, 7) is 1.50. The molecule has 1 fully saturated rings. The Morgan fingerprint density at radius 2 is 1.93 bits per heavy atom. The summed E-state index contributed by atoms with van der Waals surface area (Å²) in [4.78, 5) is 11.0. The number of halogens is 2. The Labute approximate surface area is 85.5 Å². The van der Waals surface area contributed by atoms with Crippen LogP contribution >= 0.6 is 0 Å². The highest BCUT2D eigenvalue weighted by atomic mass is 19.1. The fourth-order valence-corrected chi connectivity index (χ4v) is 1.75. The van der Waals surface area contributed by atoms with Crippen LogP contribution in [0.25, 0.3) is 0 Å². The van der Waals surface area contributed by atoms with Crippen molar-refractivity contribution in [1.29, 1.82) is 0 Å². The number of aryl methyl sites for hydroxylation is 1. The molecule has 0 unspecified atom stereocenters. The van der Waals surface area contributed by atoms with E-state index in [4.69, 9.17) is 5.11 Å². The van der Waals surface area contributed by atoms with Crippen molar-refractivity contribution in [3.63, 3.8) is 0 Å². The van der Waals surface area contributed by atoms with Gasteiger partial charge in [-0.3, -0.25) is 4.79 Å². The molecule has 1 aliphatic rings. The van der Waals surface area contributed by atoms with Gasteiger partial charge in [0.25, 0.3) is 0 Å². The molecule has 1 aromatic carbocycles. The van der Waals surface area contributed by atoms with Gasteiger partial charge in [0.2, 0.25) is 0 Å². The lowest BCUT2D eigenvalue weighted by Crippen LogP contribution is -2.21. The molecule has 1 N–H and O–H groups in total. The van der Waals surface area contributed by atoms with E-state index in [1.165, 1.54) is 13.0 Å². The standard InChI is InChI=1S/C11H10F2O2/c1-6-4-7(9(13)5-8(6)12)11(2-3-11)10(14)15/h4-5H,2-3H2,1H3,(H,14,15).